The second-order valence-electron chi connectivity index (χ2n) is 6.02. The molecule has 1 saturated heterocycles. The normalized spacial score (nSPS) is 17.3. The SMILES string of the molecule is O=S(=O)(/C=C/c1ccc(Cl)cc1)NCC(c1cccs1)N1CCCC1. The van der Waals surface area contributed by atoms with Gasteiger partial charge in [0.1, 0.15) is 0 Å². The summed E-state index contributed by atoms with van der Waals surface area (Å²) in [5.41, 5.74) is 0.795. The predicted octanol–water partition coefficient (Wildman–Crippen LogP) is 4.13. The minimum absolute atomic E-state index is 0.0983. The highest BCUT2D eigenvalue weighted by Crippen LogP contribution is 2.28. The van der Waals surface area contributed by atoms with E-state index >= 15 is 0 Å². The van der Waals surface area contributed by atoms with Crippen LogP contribution in [0.3, 0.4) is 0 Å². The Hall–Kier alpha value is -1.18. The summed E-state index contributed by atoms with van der Waals surface area (Å²) in [4.78, 5) is 3.56. The number of nitrogens with zero attached hydrogens (tertiary/aromatic N) is 1. The lowest BCUT2D eigenvalue weighted by Crippen LogP contribution is -2.35. The lowest BCUT2D eigenvalue weighted by atomic mass is 10.2. The van der Waals surface area contributed by atoms with Crippen molar-refractivity contribution in [2.75, 3.05) is 19.6 Å². The molecular formula is C18H21ClN2O2S2. The number of hydrogen-bond acceptors (Lipinski definition) is 4. The molecule has 134 valence electrons. The van der Waals surface area contributed by atoms with Gasteiger partial charge in [0.25, 0.3) is 0 Å². The molecule has 1 atom stereocenters. The van der Waals surface area contributed by atoms with E-state index in [-0.39, 0.29) is 6.04 Å². The summed E-state index contributed by atoms with van der Waals surface area (Å²) in [6, 6.07) is 11.2. The van der Waals surface area contributed by atoms with Gasteiger partial charge in [-0.1, -0.05) is 29.8 Å². The molecule has 2 heterocycles. The first kappa shape index (κ1) is 18.6. The van der Waals surface area contributed by atoms with Gasteiger partial charge in [0, 0.05) is 21.9 Å². The van der Waals surface area contributed by atoms with Crippen molar-refractivity contribution < 1.29 is 8.42 Å². The molecule has 0 bridgehead atoms. The average Bonchev–Trinajstić information content (AvgIpc) is 3.29. The first-order valence-corrected chi connectivity index (χ1v) is 11.0. The molecule has 1 aromatic heterocycles. The van der Waals surface area contributed by atoms with Gasteiger partial charge < -0.3 is 0 Å². The molecule has 1 aliphatic rings. The van der Waals surface area contributed by atoms with Crippen LogP contribution in [0.15, 0.2) is 47.2 Å². The lowest BCUT2D eigenvalue weighted by Gasteiger charge is -2.26. The van der Waals surface area contributed by atoms with Gasteiger partial charge >= 0.3 is 0 Å². The Balaban J connectivity index is 1.65. The fraction of sp³-hybridized carbons (Fsp3) is 0.333. The Bertz CT molecular complexity index is 796. The molecule has 1 aromatic carbocycles. The van der Waals surface area contributed by atoms with Gasteiger partial charge in [-0.2, -0.15) is 0 Å². The van der Waals surface area contributed by atoms with Crippen molar-refractivity contribution >= 4 is 39.0 Å². The molecule has 1 N–H and O–H groups in total. The lowest BCUT2D eigenvalue weighted by molar-refractivity contribution is 0.250. The number of halogens is 1. The molecule has 0 radical (unpaired) electrons. The fourth-order valence-corrected chi connectivity index (χ4v) is 4.74. The molecule has 0 spiro atoms. The van der Waals surface area contributed by atoms with Crippen molar-refractivity contribution in [2.24, 2.45) is 0 Å². The molecule has 0 saturated carbocycles. The highest BCUT2D eigenvalue weighted by Gasteiger charge is 2.25. The van der Waals surface area contributed by atoms with Crippen LogP contribution < -0.4 is 4.72 Å². The van der Waals surface area contributed by atoms with Crippen LogP contribution in [0.25, 0.3) is 6.08 Å². The van der Waals surface area contributed by atoms with Gasteiger partial charge in [0.05, 0.1) is 6.04 Å². The standard InChI is InChI=1S/C18H21ClN2O2S2/c19-16-7-5-15(6-8-16)9-13-25(22,23)20-14-17(18-4-3-12-24-18)21-10-1-2-11-21/h3-9,12-13,17,20H,1-2,10-11,14H2/b13-9+. The molecule has 7 heteroatoms. The van der Waals surface area contributed by atoms with Crippen LogP contribution in [-0.2, 0) is 10.0 Å². The summed E-state index contributed by atoms with van der Waals surface area (Å²) >= 11 is 7.51. The first-order valence-electron chi connectivity index (χ1n) is 8.24. The maximum Gasteiger partial charge on any atom is 0.233 e. The Morgan fingerprint density at radius 2 is 1.92 bits per heavy atom. The molecule has 4 nitrogen and oxygen atoms in total. The quantitative estimate of drug-likeness (QED) is 0.765. The molecule has 0 aliphatic carbocycles. The van der Waals surface area contributed by atoms with Crippen molar-refractivity contribution in [2.45, 2.75) is 18.9 Å². The van der Waals surface area contributed by atoms with Crippen molar-refractivity contribution in [1.29, 1.82) is 0 Å². The second-order valence-corrected chi connectivity index (χ2v) is 9.09. The first-order chi connectivity index (χ1) is 12.0. The molecule has 1 unspecified atom stereocenters. The van der Waals surface area contributed by atoms with Gasteiger partial charge in [-0.05, 0) is 61.1 Å². The second kappa shape index (κ2) is 8.47. The number of likely N-dealkylation sites (tertiary alicyclic amines) is 1. The topological polar surface area (TPSA) is 49.4 Å². The van der Waals surface area contributed by atoms with Gasteiger partial charge in [0.15, 0.2) is 0 Å². The number of hydrogen-bond donors (Lipinski definition) is 1. The van der Waals surface area contributed by atoms with E-state index in [2.05, 4.69) is 15.7 Å². The smallest absolute Gasteiger partial charge is 0.233 e. The molecule has 3 rings (SSSR count). The number of sulfonamides is 1. The number of thiophene rings is 1. The molecule has 2 aromatic rings. The van der Waals surface area contributed by atoms with Crippen LogP contribution in [0, 0.1) is 0 Å². The number of benzene rings is 1. The van der Waals surface area contributed by atoms with Gasteiger partial charge in [-0.15, -0.1) is 11.3 Å². The van der Waals surface area contributed by atoms with E-state index in [1.165, 1.54) is 23.1 Å². The van der Waals surface area contributed by atoms with Gasteiger partial charge in [-0.25, -0.2) is 13.1 Å². The van der Waals surface area contributed by atoms with Crippen LogP contribution >= 0.6 is 22.9 Å². The third-order valence-electron chi connectivity index (χ3n) is 4.24. The Morgan fingerprint density at radius 3 is 2.56 bits per heavy atom. The van der Waals surface area contributed by atoms with E-state index < -0.39 is 10.0 Å². The average molecular weight is 397 g/mol. The summed E-state index contributed by atoms with van der Waals surface area (Å²) < 4.78 is 27.4. The molecule has 0 amide bonds. The molecular weight excluding hydrogens is 376 g/mol. The Morgan fingerprint density at radius 1 is 1.20 bits per heavy atom. The zero-order valence-electron chi connectivity index (χ0n) is 13.8. The van der Waals surface area contributed by atoms with Crippen LogP contribution in [0.1, 0.15) is 29.3 Å². The molecule has 1 fully saturated rings. The largest absolute Gasteiger partial charge is 0.294 e. The van der Waals surface area contributed by atoms with Crippen molar-refractivity contribution in [3.8, 4) is 0 Å². The third kappa shape index (κ3) is 5.39. The fourth-order valence-electron chi connectivity index (χ4n) is 2.93. The minimum atomic E-state index is -3.49. The summed E-state index contributed by atoms with van der Waals surface area (Å²) in [5, 5.41) is 3.88. The number of nitrogens with one attached hydrogen (secondary N) is 1. The van der Waals surface area contributed by atoms with E-state index in [0.717, 1.165) is 18.7 Å². The molecule has 1 aliphatic heterocycles. The minimum Gasteiger partial charge on any atom is -0.294 e. The van der Waals surface area contributed by atoms with Crippen molar-refractivity contribution in [3.05, 3.63) is 62.6 Å². The van der Waals surface area contributed by atoms with E-state index in [1.54, 1.807) is 41.7 Å². The van der Waals surface area contributed by atoms with E-state index in [0.29, 0.717) is 11.6 Å². The summed E-state index contributed by atoms with van der Waals surface area (Å²) in [5.74, 6) is 0. The van der Waals surface area contributed by atoms with Crippen LogP contribution in [0.2, 0.25) is 5.02 Å². The van der Waals surface area contributed by atoms with Gasteiger partial charge in [0.2, 0.25) is 10.0 Å². The van der Waals surface area contributed by atoms with E-state index in [4.69, 9.17) is 11.6 Å². The summed E-state index contributed by atoms with van der Waals surface area (Å²) in [6.45, 7) is 2.42. The van der Waals surface area contributed by atoms with Gasteiger partial charge in [-0.3, -0.25) is 4.90 Å². The summed E-state index contributed by atoms with van der Waals surface area (Å²) in [6.07, 6.45) is 3.92. The zero-order valence-corrected chi connectivity index (χ0v) is 16.2. The number of rotatable bonds is 7. The van der Waals surface area contributed by atoms with Crippen molar-refractivity contribution in [1.82, 2.24) is 9.62 Å². The maximum absolute atomic E-state index is 12.3. The monoisotopic (exact) mass is 396 g/mol. The maximum atomic E-state index is 12.3. The highest BCUT2D eigenvalue weighted by atomic mass is 35.5. The highest BCUT2D eigenvalue weighted by molar-refractivity contribution is 7.92. The van der Waals surface area contributed by atoms with Crippen LogP contribution in [0.4, 0.5) is 0 Å². The van der Waals surface area contributed by atoms with Crippen molar-refractivity contribution in [3.63, 3.8) is 0 Å². The van der Waals surface area contributed by atoms with Crippen LogP contribution in [-0.4, -0.2) is 33.0 Å². The zero-order chi connectivity index (χ0) is 17.7. The predicted molar refractivity (Wildman–Crippen MR) is 105 cm³/mol. The summed E-state index contributed by atoms with van der Waals surface area (Å²) in [7, 11) is -3.49. The Kier molecular flexibility index (Phi) is 6.30. The van der Waals surface area contributed by atoms with E-state index in [1.807, 2.05) is 11.4 Å². The van der Waals surface area contributed by atoms with Crippen LogP contribution in [0.5, 0.6) is 0 Å². The third-order valence-corrected chi connectivity index (χ3v) is 6.53. The Labute approximate surface area is 158 Å². The molecule has 25 heavy (non-hydrogen) atoms. The van der Waals surface area contributed by atoms with E-state index in [9.17, 15) is 8.42 Å².